The lowest BCUT2D eigenvalue weighted by Crippen LogP contribution is -2.29. The molecule has 0 radical (unpaired) electrons. The lowest BCUT2D eigenvalue weighted by Gasteiger charge is -2.16. The average molecular weight is 238 g/mol. The first-order chi connectivity index (χ1) is 8.13. The Hall–Kier alpha value is -1.72. The third-order valence-corrected chi connectivity index (χ3v) is 2.65. The summed E-state index contributed by atoms with van der Waals surface area (Å²) in [4.78, 5) is 0. The van der Waals surface area contributed by atoms with E-state index in [-0.39, 0.29) is 5.56 Å². The Balaban J connectivity index is 2.46. The molecule has 1 aromatic heterocycles. The Morgan fingerprint density at radius 3 is 2.53 bits per heavy atom. The molecule has 1 unspecified atom stereocenters. The van der Waals surface area contributed by atoms with Gasteiger partial charge in [0.1, 0.15) is 17.4 Å². The zero-order valence-electron chi connectivity index (χ0n) is 9.21. The van der Waals surface area contributed by atoms with Crippen LogP contribution in [0, 0.1) is 18.6 Å². The van der Waals surface area contributed by atoms with Gasteiger partial charge in [0, 0.05) is 17.2 Å². The van der Waals surface area contributed by atoms with E-state index in [1.54, 1.807) is 13.0 Å². The molecule has 0 amide bonds. The van der Waals surface area contributed by atoms with Gasteiger partial charge in [0.2, 0.25) is 0 Å². The Labute approximate surface area is 97.2 Å². The van der Waals surface area contributed by atoms with Crippen LogP contribution in [0.1, 0.15) is 22.9 Å². The van der Waals surface area contributed by atoms with Crippen molar-refractivity contribution in [3.05, 3.63) is 59.1 Å². The van der Waals surface area contributed by atoms with E-state index in [0.29, 0.717) is 5.76 Å². The second kappa shape index (κ2) is 4.65. The van der Waals surface area contributed by atoms with Crippen molar-refractivity contribution in [3.8, 4) is 0 Å². The zero-order valence-corrected chi connectivity index (χ0v) is 9.21. The summed E-state index contributed by atoms with van der Waals surface area (Å²) in [5, 5.41) is 0. The van der Waals surface area contributed by atoms with Gasteiger partial charge in [0.05, 0.1) is 12.3 Å². The van der Waals surface area contributed by atoms with E-state index in [4.69, 9.17) is 10.3 Å². The predicted octanol–water partition coefficient (Wildman–Crippen LogP) is 2.42. The molecule has 2 rings (SSSR count). The zero-order chi connectivity index (χ0) is 12.4. The highest BCUT2D eigenvalue weighted by molar-refractivity contribution is 5.33. The van der Waals surface area contributed by atoms with Gasteiger partial charge in [-0.3, -0.25) is 5.84 Å². The first-order valence-electron chi connectivity index (χ1n) is 5.08. The maximum absolute atomic E-state index is 13.6. The third kappa shape index (κ3) is 2.20. The smallest absolute Gasteiger partial charge is 0.131 e. The van der Waals surface area contributed by atoms with Crippen molar-refractivity contribution in [1.82, 2.24) is 5.43 Å². The van der Waals surface area contributed by atoms with Crippen LogP contribution in [-0.4, -0.2) is 0 Å². The molecule has 3 nitrogen and oxygen atoms in total. The Bertz CT molecular complexity index is 525. The van der Waals surface area contributed by atoms with E-state index in [9.17, 15) is 8.78 Å². The minimum atomic E-state index is -0.645. The molecule has 0 aliphatic rings. The highest BCUT2D eigenvalue weighted by atomic mass is 19.1. The van der Waals surface area contributed by atoms with E-state index >= 15 is 0 Å². The maximum atomic E-state index is 13.6. The second-order valence-corrected chi connectivity index (χ2v) is 3.70. The monoisotopic (exact) mass is 238 g/mol. The summed E-state index contributed by atoms with van der Waals surface area (Å²) in [7, 11) is 0. The standard InChI is InChI=1S/C12H12F2N2O/c1-7-9(4-5-17-7)12(16-15)10-3-2-8(13)6-11(10)14/h2-6,12,16H,15H2,1H3. The van der Waals surface area contributed by atoms with Crippen molar-refractivity contribution < 1.29 is 13.2 Å². The molecule has 0 bridgehead atoms. The quantitative estimate of drug-likeness (QED) is 0.637. The van der Waals surface area contributed by atoms with E-state index < -0.39 is 17.7 Å². The summed E-state index contributed by atoms with van der Waals surface area (Å²) in [6.07, 6.45) is 1.50. The van der Waals surface area contributed by atoms with Gasteiger partial charge in [-0.15, -0.1) is 0 Å². The molecular formula is C12H12F2N2O. The van der Waals surface area contributed by atoms with Crippen LogP contribution in [0.15, 0.2) is 34.9 Å². The number of aryl methyl sites for hydroxylation is 1. The molecule has 1 aromatic carbocycles. The van der Waals surface area contributed by atoms with Crippen LogP contribution in [0.4, 0.5) is 8.78 Å². The number of rotatable bonds is 3. The van der Waals surface area contributed by atoms with Crippen molar-refractivity contribution in [3.63, 3.8) is 0 Å². The Morgan fingerprint density at radius 2 is 2.00 bits per heavy atom. The van der Waals surface area contributed by atoms with Crippen LogP contribution in [0.3, 0.4) is 0 Å². The van der Waals surface area contributed by atoms with Crippen molar-refractivity contribution in [2.24, 2.45) is 5.84 Å². The van der Waals surface area contributed by atoms with Gasteiger partial charge in [-0.2, -0.15) is 0 Å². The van der Waals surface area contributed by atoms with Gasteiger partial charge in [0.25, 0.3) is 0 Å². The summed E-state index contributed by atoms with van der Waals surface area (Å²) in [6, 6.07) is 4.52. The largest absolute Gasteiger partial charge is 0.469 e. The fourth-order valence-corrected chi connectivity index (χ4v) is 1.78. The summed E-state index contributed by atoms with van der Waals surface area (Å²) < 4.78 is 31.6. The number of benzene rings is 1. The number of nitrogens with one attached hydrogen (secondary N) is 1. The summed E-state index contributed by atoms with van der Waals surface area (Å²) in [5.41, 5.74) is 3.50. The molecule has 5 heteroatoms. The fourth-order valence-electron chi connectivity index (χ4n) is 1.78. The van der Waals surface area contributed by atoms with E-state index in [1.165, 1.54) is 18.4 Å². The Morgan fingerprint density at radius 1 is 1.24 bits per heavy atom. The van der Waals surface area contributed by atoms with E-state index in [2.05, 4.69) is 5.43 Å². The van der Waals surface area contributed by atoms with Crippen LogP contribution in [0.25, 0.3) is 0 Å². The topological polar surface area (TPSA) is 51.2 Å². The van der Waals surface area contributed by atoms with Gasteiger partial charge in [-0.05, 0) is 19.1 Å². The maximum Gasteiger partial charge on any atom is 0.131 e. The summed E-state index contributed by atoms with van der Waals surface area (Å²) in [6.45, 7) is 1.75. The molecule has 1 atom stereocenters. The molecule has 0 aliphatic heterocycles. The number of halogens is 2. The highest BCUT2D eigenvalue weighted by Crippen LogP contribution is 2.27. The molecule has 0 saturated heterocycles. The lowest BCUT2D eigenvalue weighted by atomic mass is 9.99. The SMILES string of the molecule is Cc1occc1C(NN)c1ccc(F)cc1F. The van der Waals surface area contributed by atoms with Crippen LogP contribution in [0.5, 0.6) is 0 Å². The highest BCUT2D eigenvalue weighted by Gasteiger charge is 2.20. The first kappa shape index (κ1) is 11.8. The average Bonchev–Trinajstić information content (AvgIpc) is 2.69. The number of nitrogens with two attached hydrogens (primary N) is 1. The summed E-state index contributed by atoms with van der Waals surface area (Å²) >= 11 is 0. The van der Waals surface area contributed by atoms with Crippen LogP contribution in [0.2, 0.25) is 0 Å². The van der Waals surface area contributed by atoms with Gasteiger partial charge in [-0.1, -0.05) is 6.07 Å². The molecule has 90 valence electrons. The lowest BCUT2D eigenvalue weighted by molar-refractivity contribution is 0.510. The van der Waals surface area contributed by atoms with Gasteiger partial charge >= 0.3 is 0 Å². The molecule has 0 aliphatic carbocycles. The molecule has 1 heterocycles. The number of hydrogen-bond acceptors (Lipinski definition) is 3. The van der Waals surface area contributed by atoms with Crippen molar-refractivity contribution in [2.75, 3.05) is 0 Å². The van der Waals surface area contributed by atoms with Gasteiger partial charge in [-0.25, -0.2) is 14.2 Å². The fraction of sp³-hybridized carbons (Fsp3) is 0.167. The first-order valence-corrected chi connectivity index (χ1v) is 5.08. The van der Waals surface area contributed by atoms with Crippen LogP contribution < -0.4 is 11.3 Å². The van der Waals surface area contributed by atoms with Crippen molar-refractivity contribution in [1.29, 1.82) is 0 Å². The predicted molar refractivity (Wildman–Crippen MR) is 59.0 cm³/mol. The second-order valence-electron chi connectivity index (χ2n) is 3.70. The number of furan rings is 1. The Kier molecular flexibility index (Phi) is 3.21. The van der Waals surface area contributed by atoms with Crippen molar-refractivity contribution >= 4 is 0 Å². The van der Waals surface area contributed by atoms with Gasteiger partial charge in [0.15, 0.2) is 0 Å². The molecule has 0 fully saturated rings. The van der Waals surface area contributed by atoms with Gasteiger partial charge < -0.3 is 4.42 Å². The molecule has 2 aromatic rings. The third-order valence-electron chi connectivity index (χ3n) is 2.65. The van der Waals surface area contributed by atoms with Crippen LogP contribution >= 0.6 is 0 Å². The number of hydrazine groups is 1. The van der Waals surface area contributed by atoms with Crippen molar-refractivity contribution in [2.45, 2.75) is 13.0 Å². The van der Waals surface area contributed by atoms with Crippen LogP contribution in [-0.2, 0) is 0 Å². The number of hydrogen-bond donors (Lipinski definition) is 2. The molecule has 0 saturated carbocycles. The molecule has 17 heavy (non-hydrogen) atoms. The minimum Gasteiger partial charge on any atom is -0.469 e. The molecule has 3 N–H and O–H groups in total. The summed E-state index contributed by atoms with van der Waals surface area (Å²) in [5.74, 6) is 4.79. The minimum absolute atomic E-state index is 0.276. The van der Waals surface area contributed by atoms with E-state index in [0.717, 1.165) is 11.6 Å². The normalized spacial score (nSPS) is 12.7. The van der Waals surface area contributed by atoms with E-state index in [1.807, 2.05) is 0 Å². The molecular weight excluding hydrogens is 226 g/mol. The molecule has 0 spiro atoms.